The van der Waals surface area contributed by atoms with Crippen LogP contribution in [0.25, 0.3) is 0 Å². The van der Waals surface area contributed by atoms with Crippen LogP contribution in [0.5, 0.6) is 0 Å². The van der Waals surface area contributed by atoms with Crippen molar-refractivity contribution < 1.29 is 4.79 Å². The molecule has 0 aliphatic heterocycles. The molecule has 25 heavy (non-hydrogen) atoms. The van der Waals surface area contributed by atoms with Gasteiger partial charge in [-0.2, -0.15) is 5.26 Å². The summed E-state index contributed by atoms with van der Waals surface area (Å²) in [6.07, 6.45) is 2.14. The van der Waals surface area contributed by atoms with Gasteiger partial charge in [0, 0.05) is 17.9 Å². The summed E-state index contributed by atoms with van der Waals surface area (Å²) in [6.45, 7) is 2.08. The number of halogens is 2. The van der Waals surface area contributed by atoms with Crippen LogP contribution in [0, 0.1) is 11.3 Å². The number of hydrogen-bond acceptors (Lipinski definition) is 4. The van der Waals surface area contributed by atoms with Crippen molar-refractivity contribution in [1.29, 1.82) is 5.26 Å². The second-order valence-electron chi connectivity index (χ2n) is 5.27. The Bertz CT molecular complexity index is 805. The number of aryl methyl sites for hydroxylation is 1. The quantitative estimate of drug-likeness (QED) is 0.645. The van der Waals surface area contributed by atoms with Gasteiger partial charge in [0.1, 0.15) is 11.1 Å². The Hall–Kier alpha value is -1.74. The largest absolute Gasteiger partial charge is 0.325 e. The van der Waals surface area contributed by atoms with Gasteiger partial charge in [0.05, 0.1) is 21.3 Å². The fourth-order valence-electron chi connectivity index (χ4n) is 2.12. The van der Waals surface area contributed by atoms with E-state index in [4.69, 9.17) is 23.2 Å². The van der Waals surface area contributed by atoms with E-state index in [9.17, 15) is 10.1 Å². The standard InChI is InChI=1S/C18H17Cl2N3OS/c1-2-4-13-8-7-12(11-21)18(22-13)25-10-9-16(24)23-15-6-3-5-14(19)17(15)20/h3,5-8H,2,4,9-10H2,1H3,(H,23,24). The van der Waals surface area contributed by atoms with Crippen LogP contribution in [0.2, 0.25) is 10.0 Å². The number of nitriles is 1. The monoisotopic (exact) mass is 393 g/mol. The predicted octanol–water partition coefficient (Wildman–Crippen LogP) is 5.33. The smallest absolute Gasteiger partial charge is 0.225 e. The lowest BCUT2D eigenvalue weighted by Gasteiger charge is -2.09. The van der Waals surface area contributed by atoms with Crippen LogP contribution < -0.4 is 5.32 Å². The highest BCUT2D eigenvalue weighted by atomic mass is 35.5. The van der Waals surface area contributed by atoms with Gasteiger partial charge in [0.15, 0.2) is 0 Å². The van der Waals surface area contributed by atoms with E-state index in [1.807, 2.05) is 6.07 Å². The van der Waals surface area contributed by atoms with E-state index in [-0.39, 0.29) is 12.3 Å². The number of anilines is 1. The Kier molecular flexibility index (Phi) is 7.57. The highest BCUT2D eigenvalue weighted by Crippen LogP contribution is 2.29. The molecule has 0 aliphatic carbocycles. The third kappa shape index (κ3) is 5.64. The third-order valence-electron chi connectivity index (χ3n) is 3.34. The molecule has 4 nitrogen and oxygen atoms in total. The highest BCUT2D eigenvalue weighted by molar-refractivity contribution is 7.99. The average Bonchev–Trinajstić information content (AvgIpc) is 2.59. The molecule has 0 fully saturated rings. The molecule has 0 spiro atoms. The van der Waals surface area contributed by atoms with Gasteiger partial charge >= 0.3 is 0 Å². The number of amides is 1. The number of carbonyl (C=O) groups excluding carboxylic acids is 1. The lowest BCUT2D eigenvalue weighted by atomic mass is 10.2. The molecule has 0 bridgehead atoms. The summed E-state index contributed by atoms with van der Waals surface area (Å²) in [5.74, 6) is 0.348. The predicted molar refractivity (Wildman–Crippen MR) is 103 cm³/mol. The minimum atomic E-state index is -0.167. The number of hydrogen-bond donors (Lipinski definition) is 1. The Morgan fingerprint density at radius 1 is 1.32 bits per heavy atom. The zero-order chi connectivity index (χ0) is 18.2. The van der Waals surface area contributed by atoms with Gasteiger partial charge in [-0.3, -0.25) is 4.79 Å². The summed E-state index contributed by atoms with van der Waals surface area (Å²) in [7, 11) is 0. The fraction of sp³-hybridized carbons (Fsp3) is 0.278. The van der Waals surface area contributed by atoms with Crippen molar-refractivity contribution in [3.63, 3.8) is 0 Å². The SMILES string of the molecule is CCCc1ccc(C#N)c(SCCC(=O)Nc2cccc(Cl)c2Cl)n1. The number of pyridine rings is 1. The summed E-state index contributed by atoms with van der Waals surface area (Å²) in [4.78, 5) is 16.6. The molecule has 1 heterocycles. The second kappa shape index (κ2) is 9.67. The Morgan fingerprint density at radius 3 is 2.84 bits per heavy atom. The first-order valence-electron chi connectivity index (χ1n) is 7.81. The van der Waals surface area contributed by atoms with Gasteiger partial charge in [-0.25, -0.2) is 4.98 Å². The van der Waals surface area contributed by atoms with Crippen molar-refractivity contribution in [3.05, 3.63) is 51.6 Å². The van der Waals surface area contributed by atoms with Gasteiger partial charge in [0.25, 0.3) is 0 Å². The number of nitrogens with zero attached hydrogens (tertiary/aromatic N) is 2. The number of thioether (sulfide) groups is 1. The highest BCUT2D eigenvalue weighted by Gasteiger charge is 2.10. The number of rotatable bonds is 7. The first-order valence-corrected chi connectivity index (χ1v) is 9.56. The molecule has 1 N–H and O–H groups in total. The van der Waals surface area contributed by atoms with E-state index in [2.05, 4.69) is 23.3 Å². The van der Waals surface area contributed by atoms with Gasteiger partial charge in [-0.05, 0) is 30.7 Å². The fourth-order valence-corrected chi connectivity index (χ4v) is 3.40. The first-order chi connectivity index (χ1) is 12.0. The molecule has 1 amide bonds. The zero-order valence-electron chi connectivity index (χ0n) is 13.7. The van der Waals surface area contributed by atoms with Gasteiger partial charge in [-0.15, -0.1) is 11.8 Å². The average molecular weight is 394 g/mol. The van der Waals surface area contributed by atoms with E-state index in [1.165, 1.54) is 11.8 Å². The Labute approximate surface area is 161 Å². The molecule has 7 heteroatoms. The molecule has 130 valence electrons. The third-order valence-corrected chi connectivity index (χ3v) is 5.15. The van der Waals surface area contributed by atoms with Crippen molar-refractivity contribution in [2.24, 2.45) is 0 Å². The van der Waals surface area contributed by atoms with Crippen LogP contribution in [0.3, 0.4) is 0 Å². The molecule has 0 aliphatic rings. The Morgan fingerprint density at radius 2 is 2.12 bits per heavy atom. The summed E-state index contributed by atoms with van der Waals surface area (Å²) in [5.41, 5.74) is 1.98. The van der Waals surface area contributed by atoms with Crippen LogP contribution in [0.15, 0.2) is 35.4 Å². The maximum Gasteiger partial charge on any atom is 0.225 e. The molecule has 0 saturated heterocycles. The summed E-state index contributed by atoms with van der Waals surface area (Å²) < 4.78 is 0. The second-order valence-corrected chi connectivity index (χ2v) is 7.13. The van der Waals surface area contributed by atoms with Crippen LogP contribution in [-0.4, -0.2) is 16.6 Å². The van der Waals surface area contributed by atoms with Crippen molar-refractivity contribution in [2.45, 2.75) is 31.2 Å². The van der Waals surface area contributed by atoms with Crippen LogP contribution in [0.4, 0.5) is 5.69 Å². The summed E-state index contributed by atoms with van der Waals surface area (Å²) >= 11 is 13.4. The van der Waals surface area contributed by atoms with Crippen molar-refractivity contribution >= 4 is 46.6 Å². The number of carbonyl (C=O) groups is 1. The molecule has 1 aromatic heterocycles. The number of aromatic nitrogens is 1. The van der Waals surface area contributed by atoms with Crippen molar-refractivity contribution in [3.8, 4) is 6.07 Å². The summed E-state index contributed by atoms with van der Waals surface area (Å²) in [5, 5.41) is 13.3. The molecule has 0 atom stereocenters. The molecule has 0 unspecified atom stereocenters. The molecule has 0 radical (unpaired) electrons. The summed E-state index contributed by atoms with van der Waals surface area (Å²) in [6, 6.07) is 10.9. The molecule has 2 rings (SSSR count). The minimum absolute atomic E-state index is 0.167. The van der Waals surface area contributed by atoms with Gasteiger partial charge in [0.2, 0.25) is 5.91 Å². The minimum Gasteiger partial charge on any atom is -0.325 e. The van der Waals surface area contributed by atoms with Gasteiger partial charge < -0.3 is 5.32 Å². The van der Waals surface area contributed by atoms with Crippen molar-refractivity contribution in [1.82, 2.24) is 4.98 Å². The molecular weight excluding hydrogens is 377 g/mol. The number of benzene rings is 1. The van der Waals surface area contributed by atoms with Gasteiger partial charge in [-0.1, -0.05) is 42.6 Å². The van der Waals surface area contributed by atoms with E-state index >= 15 is 0 Å². The topological polar surface area (TPSA) is 65.8 Å². The van der Waals surface area contributed by atoms with E-state index < -0.39 is 0 Å². The zero-order valence-corrected chi connectivity index (χ0v) is 16.0. The molecule has 2 aromatic rings. The van der Waals surface area contributed by atoms with Crippen molar-refractivity contribution in [2.75, 3.05) is 11.1 Å². The van der Waals surface area contributed by atoms with Crippen LogP contribution in [-0.2, 0) is 11.2 Å². The van der Waals surface area contributed by atoms with Crippen LogP contribution >= 0.6 is 35.0 Å². The molecule has 0 saturated carbocycles. The number of nitrogens with one attached hydrogen (secondary N) is 1. The first kappa shape index (κ1) is 19.6. The maximum atomic E-state index is 12.1. The lowest BCUT2D eigenvalue weighted by Crippen LogP contribution is -2.12. The Balaban J connectivity index is 1.94. The van der Waals surface area contributed by atoms with E-state index in [1.54, 1.807) is 24.3 Å². The lowest BCUT2D eigenvalue weighted by molar-refractivity contribution is -0.115. The molecule has 1 aromatic carbocycles. The van der Waals surface area contributed by atoms with E-state index in [0.29, 0.717) is 32.1 Å². The normalized spacial score (nSPS) is 10.3. The van der Waals surface area contributed by atoms with E-state index in [0.717, 1.165) is 18.5 Å². The maximum absolute atomic E-state index is 12.1. The molecular formula is C18H17Cl2N3OS. The van der Waals surface area contributed by atoms with Crippen LogP contribution in [0.1, 0.15) is 31.0 Å².